The lowest BCUT2D eigenvalue weighted by Crippen LogP contribution is -2.02. The predicted molar refractivity (Wildman–Crippen MR) is 62.2 cm³/mol. The van der Waals surface area contributed by atoms with E-state index in [0.717, 1.165) is 5.56 Å². The van der Waals surface area contributed by atoms with Crippen LogP contribution in [0.4, 0.5) is 0 Å². The summed E-state index contributed by atoms with van der Waals surface area (Å²) in [6, 6.07) is 3.26. The van der Waals surface area contributed by atoms with Crippen LogP contribution in [-0.2, 0) is 16.0 Å². The van der Waals surface area contributed by atoms with Gasteiger partial charge in [0.25, 0.3) is 0 Å². The molecule has 0 amide bonds. The molecule has 2 aromatic rings. The van der Waals surface area contributed by atoms with E-state index in [2.05, 4.69) is 9.72 Å². The van der Waals surface area contributed by atoms with E-state index in [1.165, 1.54) is 7.11 Å². The molecule has 5 nitrogen and oxygen atoms in total. The molecule has 0 saturated heterocycles. The number of hydrogen-bond donors (Lipinski definition) is 1. The summed E-state index contributed by atoms with van der Waals surface area (Å²) in [5.74, 6) is -0.835. The van der Waals surface area contributed by atoms with Crippen molar-refractivity contribution < 1.29 is 13.9 Å². The number of aromatic nitrogens is 1. The van der Waals surface area contributed by atoms with Crippen LogP contribution in [-0.4, -0.2) is 18.1 Å². The highest BCUT2D eigenvalue weighted by Gasteiger charge is 2.09. The van der Waals surface area contributed by atoms with Crippen molar-refractivity contribution in [1.82, 2.24) is 4.98 Å². The van der Waals surface area contributed by atoms with E-state index in [-0.39, 0.29) is 12.4 Å². The fourth-order valence-corrected chi connectivity index (χ4v) is 1.80. The molecule has 0 bridgehead atoms. The zero-order chi connectivity index (χ0) is 12.4. The van der Waals surface area contributed by atoms with Crippen LogP contribution >= 0.6 is 11.6 Å². The molecule has 0 radical (unpaired) electrons. The summed E-state index contributed by atoms with van der Waals surface area (Å²) in [6.45, 7) is 0. The summed E-state index contributed by atoms with van der Waals surface area (Å²) >= 11 is 6.02. The lowest BCUT2D eigenvalue weighted by atomic mass is 10.1. The van der Waals surface area contributed by atoms with Crippen LogP contribution in [0.1, 0.15) is 12.0 Å². The summed E-state index contributed by atoms with van der Waals surface area (Å²) in [5, 5.41) is 0.485. The molecule has 0 spiro atoms. The number of H-pyrrole nitrogens is 1. The SMILES string of the molecule is COC(=O)CCc1cc2oc(=O)[nH]c2cc1Cl. The predicted octanol–water partition coefficient (Wildman–Crippen LogP) is 1.88. The van der Waals surface area contributed by atoms with Crippen molar-refractivity contribution in [3.8, 4) is 0 Å². The fourth-order valence-electron chi connectivity index (χ4n) is 1.54. The van der Waals surface area contributed by atoms with Gasteiger partial charge in [-0.2, -0.15) is 0 Å². The molecule has 2 rings (SSSR count). The Balaban J connectivity index is 2.30. The van der Waals surface area contributed by atoms with Crippen molar-refractivity contribution in [1.29, 1.82) is 0 Å². The van der Waals surface area contributed by atoms with Gasteiger partial charge in [-0.1, -0.05) is 11.6 Å². The first kappa shape index (κ1) is 11.7. The Kier molecular flexibility index (Phi) is 3.19. The van der Waals surface area contributed by atoms with E-state index in [1.54, 1.807) is 12.1 Å². The first-order chi connectivity index (χ1) is 8.10. The average Bonchev–Trinajstić information content (AvgIpc) is 2.64. The Morgan fingerprint density at radius 2 is 2.29 bits per heavy atom. The van der Waals surface area contributed by atoms with Gasteiger partial charge in [0.2, 0.25) is 0 Å². The molecule has 1 aromatic heterocycles. The van der Waals surface area contributed by atoms with Gasteiger partial charge in [0.15, 0.2) is 5.58 Å². The van der Waals surface area contributed by atoms with Crippen molar-refractivity contribution >= 4 is 28.7 Å². The van der Waals surface area contributed by atoms with Gasteiger partial charge in [-0.15, -0.1) is 0 Å². The normalized spacial score (nSPS) is 10.7. The van der Waals surface area contributed by atoms with Crippen LogP contribution in [0.2, 0.25) is 5.02 Å². The van der Waals surface area contributed by atoms with E-state index in [1.807, 2.05) is 0 Å². The Bertz CT molecular complexity index is 613. The topological polar surface area (TPSA) is 72.3 Å². The van der Waals surface area contributed by atoms with E-state index in [0.29, 0.717) is 22.5 Å². The van der Waals surface area contributed by atoms with E-state index >= 15 is 0 Å². The van der Waals surface area contributed by atoms with Gasteiger partial charge in [-0.05, 0) is 24.1 Å². The molecule has 1 heterocycles. The van der Waals surface area contributed by atoms with Gasteiger partial charge in [0.1, 0.15) is 0 Å². The van der Waals surface area contributed by atoms with Crippen LogP contribution in [0, 0.1) is 0 Å². The molecule has 0 aliphatic rings. The van der Waals surface area contributed by atoms with Crippen molar-refractivity contribution in [2.24, 2.45) is 0 Å². The number of nitrogens with one attached hydrogen (secondary N) is 1. The quantitative estimate of drug-likeness (QED) is 0.850. The van der Waals surface area contributed by atoms with Gasteiger partial charge in [-0.25, -0.2) is 4.79 Å². The molecule has 1 N–H and O–H groups in total. The average molecular weight is 256 g/mol. The largest absolute Gasteiger partial charge is 0.469 e. The first-order valence-corrected chi connectivity index (χ1v) is 5.36. The number of carbonyl (C=O) groups is 1. The maximum absolute atomic E-state index is 11.0. The van der Waals surface area contributed by atoms with Crippen molar-refractivity contribution in [3.05, 3.63) is 33.3 Å². The number of aryl methyl sites for hydroxylation is 1. The van der Waals surface area contributed by atoms with Crippen LogP contribution < -0.4 is 5.76 Å². The molecular weight excluding hydrogens is 246 g/mol. The fraction of sp³-hybridized carbons (Fsp3) is 0.273. The maximum atomic E-state index is 11.0. The lowest BCUT2D eigenvalue weighted by Gasteiger charge is -2.03. The second-order valence-corrected chi connectivity index (χ2v) is 3.94. The molecule has 90 valence electrons. The number of ether oxygens (including phenoxy) is 1. The van der Waals surface area contributed by atoms with Crippen LogP contribution in [0.3, 0.4) is 0 Å². The molecular formula is C11H10ClNO4. The minimum absolute atomic E-state index is 0.233. The monoisotopic (exact) mass is 255 g/mol. The first-order valence-electron chi connectivity index (χ1n) is 4.98. The van der Waals surface area contributed by atoms with E-state index in [4.69, 9.17) is 16.0 Å². The zero-order valence-corrected chi connectivity index (χ0v) is 9.84. The zero-order valence-electron chi connectivity index (χ0n) is 9.08. The third kappa shape index (κ3) is 2.50. The number of halogens is 1. The molecule has 17 heavy (non-hydrogen) atoms. The Labute approximate surface area is 101 Å². The highest BCUT2D eigenvalue weighted by atomic mass is 35.5. The molecule has 0 aliphatic heterocycles. The number of methoxy groups -OCH3 is 1. The van der Waals surface area contributed by atoms with Gasteiger partial charge in [-0.3, -0.25) is 9.78 Å². The molecule has 1 aromatic carbocycles. The molecule has 0 fully saturated rings. The third-order valence-electron chi connectivity index (χ3n) is 2.41. The van der Waals surface area contributed by atoms with Gasteiger partial charge in [0, 0.05) is 11.4 Å². The summed E-state index contributed by atoms with van der Waals surface area (Å²) in [4.78, 5) is 24.5. The second-order valence-electron chi connectivity index (χ2n) is 3.53. The molecule has 0 aliphatic carbocycles. The highest BCUT2D eigenvalue weighted by molar-refractivity contribution is 6.32. The summed E-state index contributed by atoms with van der Waals surface area (Å²) in [7, 11) is 1.33. The lowest BCUT2D eigenvalue weighted by molar-refractivity contribution is -0.140. The van der Waals surface area contributed by atoms with E-state index < -0.39 is 5.76 Å². The Hall–Kier alpha value is -1.75. The van der Waals surface area contributed by atoms with Gasteiger partial charge >= 0.3 is 11.7 Å². The second kappa shape index (κ2) is 4.63. The molecule has 0 atom stereocenters. The minimum atomic E-state index is -0.527. The smallest absolute Gasteiger partial charge is 0.417 e. The standard InChI is InChI=1S/C11H10ClNO4/c1-16-10(14)3-2-6-4-9-8(5-7(6)12)13-11(15)17-9/h4-5H,2-3H2,1H3,(H,13,15). The number of fused-ring (bicyclic) bond motifs is 1. The van der Waals surface area contributed by atoms with Crippen LogP contribution in [0.25, 0.3) is 11.1 Å². The number of esters is 1. The number of hydrogen-bond acceptors (Lipinski definition) is 4. The summed E-state index contributed by atoms with van der Waals surface area (Å²) < 4.78 is 9.45. The molecule has 0 unspecified atom stereocenters. The number of benzene rings is 1. The highest BCUT2D eigenvalue weighted by Crippen LogP contribution is 2.23. The van der Waals surface area contributed by atoms with Crippen molar-refractivity contribution in [3.63, 3.8) is 0 Å². The van der Waals surface area contributed by atoms with Gasteiger partial charge < -0.3 is 9.15 Å². The van der Waals surface area contributed by atoms with E-state index in [9.17, 15) is 9.59 Å². The van der Waals surface area contributed by atoms with Gasteiger partial charge in [0.05, 0.1) is 12.6 Å². The maximum Gasteiger partial charge on any atom is 0.417 e. The molecule has 6 heteroatoms. The Morgan fingerprint density at radius 1 is 1.53 bits per heavy atom. The van der Waals surface area contributed by atoms with Crippen molar-refractivity contribution in [2.75, 3.05) is 7.11 Å². The third-order valence-corrected chi connectivity index (χ3v) is 2.77. The number of rotatable bonds is 3. The Morgan fingerprint density at radius 3 is 3.00 bits per heavy atom. The summed E-state index contributed by atoms with van der Waals surface area (Å²) in [5.41, 5.74) is 1.72. The van der Waals surface area contributed by atoms with Crippen LogP contribution in [0.5, 0.6) is 0 Å². The van der Waals surface area contributed by atoms with Crippen LogP contribution in [0.15, 0.2) is 21.3 Å². The number of carbonyl (C=O) groups excluding carboxylic acids is 1. The minimum Gasteiger partial charge on any atom is -0.469 e. The number of oxazole rings is 1. The van der Waals surface area contributed by atoms with Crippen molar-refractivity contribution in [2.45, 2.75) is 12.8 Å². The number of aromatic amines is 1. The summed E-state index contributed by atoms with van der Waals surface area (Å²) in [6.07, 6.45) is 0.673. The molecule has 0 saturated carbocycles.